The average Bonchev–Trinajstić information content (AvgIpc) is 2.55. The third kappa shape index (κ3) is 1.35. The number of rotatable bonds is 0. The Balaban J connectivity index is 2.20. The maximum atomic E-state index is 4.56. The lowest BCUT2D eigenvalue weighted by molar-refractivity contribution is 0.229. The van der Waals surface area contributed by atoms with Crippen LogP contribution in [0.5, 0.6) is 0 Å². The zero-order valence-corrected chi connectivity index (χ0v) is 10.0. The number of aryl methyl sites for hydroxylation is 1. The summed E-state index contributed by atoms with van der Waals surface area (Å²) in [6.07, 6.45) is 3.06. The first-order valence-corrected chi connectivity index (χ1v) is 5.81. The maximum Gasteiger partial charge on any atom is 0.0914 e. The SMILES string of the molecule is Cc1cnc2c3c([nH]c2c1)CN(C)[C@H](C)C3. The molecule has 3 heteroatoms. The molecule has 3 nitrogen and oxygen atoms in total. The van der Waals surface area contributed by atoms with E-state index < -0.39 is 0 Å². The molecule has 3 heterocycles. The standard InChI is InChI=1S/C13H17N3/c1-8-4-11-13(14-6-8)10-5-9(2)16(3)7-12(10)15-11/h4,6,9,15H,5,7H2,1-3H3/t9-/m1/s1. The van der Waals surface area contributed by atoms with Crippen molar-refractivity contribution in [1.82, 2.24) is 14.9 Å². The van der Waals surface area contributed by atoms with Gasteiger partial charge in [0.05, 0.1) is 11.0 Å². The van der Waals surface area contributed by atoms with Gasteiger partial charge in [0.1, 0.15) is 0 Å². The van der Waals surface area contributed by atoms with Gasteiger partial charge >= 0.3 is 0 Å². The number of nitrogens with zero attached hydrogens (tertiary/aromatic N) is 2. The lowest BCUT2D eigenvalue weighted by Crippen LogP contribution is -2.34. The molecule has 0 amide bonds. The van der Waals surface area contributed by atoms with Gasteiger partial charge in [0, 0.05) is 30.0 Å². The van der Waals surface area contributed by atoms with Crippen molar-refractivity contribution >= 4 is 11.0 Å². The Bertz CT molecular complexity index is 541. The first-order valence-electron chi connectivity index (χ1n) is 5.81. The van der Waals surface area contributed by atoms with Crippen molar-refractivity contribution in [2.45, 2.75) is 32.9 Å². The van der Waals surface area contributed by atoms with Gasteiger partial charge in [0.25, 0.3) is 0 Å². The van der Waals surface area contributed by atoms with E-state index in [0.29, 0.717) is 6.04 Å². The van der Waals surface area contributed by atoms with Crippen LogP contribution in [-0.2, 0) is 13.0 Å². The second-order valence-corrected chi connectivity index (χ2v) is 4.96. The van der Waals surface area contributed by atoms with E-state index in [-0.39, 0.29) is 0 Å². The Morgan fingerprint density at radius 2 is 2.31 bits per heavy atom. The Hall–Kier alpha value is -1.35. The summed E-state index contributed by atoms with van der Waals surface area (Å²) >= 11 is 0. The van der Waals surface area contributed by atoms with Gasteiger partial charge in [-0.15, -0.1) is 0 Å². The van der Waals surface area contributed by atoms with Crippen molar-refractivity contribution in [2.75, 3.05) is 7.05 Å². The first-order chi connectivity index (χ1) is 7.65. The van der Waals surface area contributed by atoms with Crippen LogP contribution in [0.25, 0.3) is 11.0 Å². The Morgan fingerprint density at radius 1 is 1.50 bits per heavy atom. The largest absolute Gasteiger partial charge is 0.356 e. The molecule has 0 saturated carbocycles. The maximum absolute atomic E-state index is 4.56. The van der Waals surface area contributed by atoms with Crippen LogP contribution in [0, 0.1) is 6.92 Å². The molecular formula is C13H17N3. The number of aromatic nitrogens is 2. The minimum atomic E-state index is 0.606. The Labute approximate surface area is 95.5 Å². The monoisotopic (exact) mass is 215 g/mol. The summed E-state index contributed by atoms with van der Waals surface area (Å²) in [5.74, 6) is 0. The molecule has 2 aromatic heterocycles. The lowest BCUT2D eigenvalue weighted by Gasteiger charge is -2.29. The van der Waals surface area contributed by atoms with Crippen LogP contribution in [0.3, 0.4) is 0 Å². The highest BCUT2D eigenvalue weighted by Gasteiger charge is 2.23. The molecule has 1 atom stereocenters. The summed E-state index contributed by atoms with van der Waals surface area (Å²) in [7, 11) is 2.18. The fourth-order valence-electron chi connectivity index (χ4n) is 2.50. The number of pyridine rings is 1. The van der Waals surface area contributed by atoms with E-state index in [1.54, 1.807) is 0 Å². The molecule has 1 N–H and O–H groups in total. The van der Waals surface area contributed by atoms with Crippen LogP contribution < -0.4 is 0 Å². The molecule has 0 saturated heterocycles. The molecule has 2 aromatic rings. The molecular weight excluding hydrogens is 198 g/mol. The third-order valence-corrected chi connectivity index (χ3v) is 3.62. The van der Waals surface area contributed by atoms with Crippen LogP contribution in [-0.4, -0.2) is 28.0 Å². The smallest absolute Gasteiger partial charge is 0.0914 e. The van der Waals surface area contributed by atoms with Gasteiger partial charge in [-0.05, 0) is 38.9 Å². The quantitative estimate of drug-likeness (QED) is 0.731. The fourth-order valence-corrected chi connectivity index (χ4v) is 2.50. The molecule has 0 aromatic carbocycles. The van der Waals surface area contributed by atoms with Gasteiger partial charge in [0.15, 0.2) is 0 Å². The normalized spacial score (nSPS) is 21.3. The second kappa shape index (κ2) is 3.32. The van der Waals surface area contributed by atoms with Crippen molar-refractivity contribution < 1.29 is 0 Å². The average molecular weight is 215 g/mol. The highest BCUT2D eigenvalue weighted by atomic mass is 15.1. The predicted octanol–water partition coefficient (Wildman–Crippen LogP) is 2.25. The van der Waals surface area contributed by atoms with Crippen LogP contribution >= 0.6 is 0 Å². The number of likely N-dealkylation sites (N-methyl/N-ethyl adjacent to an activating group) is 1. The summed E-state index contributed by atoms with van der Waals surface area (Å²) < 4.78 is 0. The van der Waals surface area contributed by atoms with Gasteiger partial charge in [0.2, 0.25) is 0 Å². The van der Waals surface area contributed by atoms with E-state index in [4.69, 9.17) is 0 Å². The molecule has 0 spiro atoms. The molecule has 0 bridgehead atoms. The molecule has 84 valence electrons. The Morgan fingerprint density at radius 3 is 3.12 bits per heavy atom. The van der Waals surface area contributed by atoms with E-state index in [0.717, 1.165) is 13.0 Å². The van der Waals surface area contributed by atoms with Crippen molar-refractivity contribution in [3.05, 3.63) is 29.1 Å². The molecule has 0 fully saturated rings. The number of aromatic amines is 1. The number of H-pyrrole nitrogens is 1. The van der Waals surface area contributed by atoms with E-state index >= 15 is 0 Å². The molecule has 1 aliphatic rings. The molecule has 1 aliphatic heterocycles. The summed E-state index contributed by atoms with van der Waals surface area (Å²) in [4.78, 5) is 10.4. The molecule has 0 radical (unpaired) electrons. The third-order valence-electron chi connectivity index (χ3n) is 3.62. The fraction of sp³-hybridized carbons (Fsp3) is 0.462. The van der Waals surface area contributed by atoms with Crippen LogP contribution in [0.15, 0.2) is 12.3 Å². The minimum absolute atomic E-state index is 0.606. The molecule has 16 heavy (non-hydrogen) atoms. The zero-order chi connectivity index (χ0) is 11.3. The topological polar surface area (TPSA) is 31.9 Å². The molecule has 0 aliphatic carbocycles. The van der Waals surface area contributed by atoms with Gasteiger partial charge in [-0.1, -0.05) is 0 Å². The molecule has 0 unspecified atom stereocenters. The first kappa shape index (κ1) is 9.85. The lowest BCUT2D eigenvalue weighted by atomic mass is 10.0. The van der Waals surface area contributed by atoms with Crippen LogP contribution in [0.1, 0.15) is 23.7 Å². The number of hydrogen-bond donors (Lipinski definition) is 1. The van der Waals surface area contributed by atoms with Gasteiger partial charge in [-0.25, -0.2) is 0 Å². The van der Waals surface area contributed by atoms with E-state index in [2.05, 4.69) is 41.8 Å². The Kier molecular flexibility index (Phi) is 2.04. The summed E-state index contributed by atoms with van der Waals surface area (Å²) in [5.41, 5.74) is 6.33. The van der Waals surface area contributed by atoms with Crippen molar-refractivity contribution in [3.63, 3.8) is 0 Å². The van der Waals surface area contributed by atoms with Gasteiger partial charge < -0.3 is 4.98 Å². The van der Waals surface area contributed by atoms with Crippen LogP contribution in [0.2, 0.25) is 0 Å². The van der Waals surface area contributed by atoms with Crippen molar-refractivity contribution in [2.24, 2.45) is 0 Å². The van der Waals surface area contributed by atoms with Crippen LogP contribution in [0.4, 0.5) is 0 Å². The predicted molar refractivity (Wildman–Crippen MR) is 65.5 cm³/mol. The minimum Gasteiger partial charge on any atom is -0.356 e. The molecule has 3 rings (SSSR count). The number of fused-ring (bicyclic) bond motifs is 3. The van der Waals surface area contributed by atoms with Crippen molar-refractivity contribution in [1.29, 1.82) is 0 Å². The van der Waals surface area contributed by atoms with Crippen molar-refractivity contribution in [3.8, 4) is 0 Å². The zero-order valence-electron chi connectivity index (χ0n) is 10.0. The second-order valence-electron chi connectivity index (χ2n) is 4.96. The number of nitrogens with one attached hydrogen (secondary N) is 1. The van der Waals surface area contributed by atoms with Gasteiger partial charge in [-0.3, -0.25) is 9.88 Å². The highest BCUT2D eigenvalue weighted by Crippen LogP contribution is 2.28. The number of hydrogen-bond acceptors (Lipinski definition) is 2. The summed E-state index contributed by atoms with van der Waals surface area (Å²) in [6.45, 7) is 5.36. The summed E-state index contributed by atoms with van der Waals surface area (Å²) in [6, 6.07) is 2.79. The van der Waals surface area contributed by atoms with E-state index in [1.807, 2.05) is 6.20 Å². The van der Waals surface area contributed by atoms with E-state index in [9.17, 15) is 0 Å². The summed E-state index contributed by atoms with van der Waals surface area (Å²) in [5, 5.41) is 0. The van der Waals surface area contributed by atoms with Gasteiger partial charge in [-0.2, -0.15) is 0 Å². The highest BCUT2D eigenvalue weighted by molar-refractivity contribution is 5.81. The van der Waals surface area contributed by atoms with E-state index in [1.165, 1.54) is 27.9 Å².